The van der Waals surface area contributed by atoms with Crippen molar-refractivity contribution in [3.8, 4) is 11.8 Å². The summed E-state index contributed by atoms with van der Waals surface area (Å²) in [5, 5.41) is 15.5. The van der Waals surface area contributed by atoms with Crippen LogP contribution in [0.3, 0.4) is 0 Å². The van der Waals surface area contributed by atoms with Gasteiger partial charge in [0.05, 0.1) is 23.4 Å². The molecule has 0 unspecified atom stereocenters. The monoisotopic (exact) mass is 483 g/mol. The first kappa shape index (κ1) is 21.3. The van der Waals surface area contributed by atoms with E-state index in [2.05, 4.69) is 32.5 Å². The Labute approximate surface area is 194 Å². The summed E-state index contributed by atoms with van der Waals surface area (Å²) in [6.07, 6.45) is 1.59. The molecular formula is C26H18BrN3O2. The Morgan fingerprint density at radius 1 is 1.00 bits per heavy atom. The lowest BCUT2D eigenvalue weighted by Gasteiger charge is -2.12. The number of hydrogen-bond donors (Lipinski definition) is 1. The molecule has 0 aliphatic heterocycles. The lowest BCUT2D eigenvalue weighted by molar-refractivity contribution is 0.0954. The molecule has 0 radical (unpaired) electrons. The molecular weight excluding hydrogens is 466 g/mol. The van der Waals surface area contributed by atoms with Gasteiger partial charge in [-0.3, -0.25) is 4.79 Å². The van der Waals surface area contributed by atoms with E-state index >= 15 is 0 Å². The number of carbonyl (C=O) groups excluding carboxylic acids is 1. The Kier molecular flexibility index (Phi) is 6.59. The van der Waals surface area contributed by atoms with Crippen LogP contribution in [0.15, 0.2) is 94.5 Å². The molecule has 5 nitrogen and oxygen atoms in total. The number of halogens is 1. The van der Waals surface area contributed by atoms with Crippen molar-refractivity contribution in [3.63, 3.8) is 0 Å². The fourth-order valence-electron chi connectivity index (χ4n) is 3.31. The van der Waals surface area contributed by atoms with Crippen molar-refractivity contribution < 1.29 is 9.53 Å². The Morgan fingerprint density at radius 3 is 2.59 bits per heavy atom. The molecule has 4 rings (SSSR count). The molecule has 0 heterocycles. The molecule has 0 saturated carbocycles. The molecule has 0 aliphatic rings. The number of ether oxygens (including phenoxy) is 1. The molecule has 156 valence electrons. The second-order valence-corrected chi connectivity index (χ2v) is 7.79. The van der Waals surface area contributed by atoms with E-state index in [9.17, 15) is 10.1 Å². The molecule has 0 fully saturated rings. The lowest BCUT2D eigenvalue weighted by Crippen LogP contribution is -2.18. The molecule has 6 heteroatoms. The zero-order valence-electron chi connectivity index (χ0n) is 17.0. The van der Waals surface area contributed by atoms with E-state index in [-0.39, 0.29) is 12.5 Å². The molecule has 0 saturated heterocycles. The summed E-state index contributed by atoms with van der Waals surface area (Å²) < 4.78 is 6.77. The first-order chi connectivity index (χ1) is 15.7. The summed E-state index contributed by atoms with van der Waals surface area (Å²) in [6, 6.07) is 28.4. The van der Waals surface area contributed by atoms with Crippen LogP contribution in [0.25, 0.3) is 10.8 Å². The summed E-state index contributed by atoms with van der Waals surface area (Å²) in [5.41, 5.74) is 5.18. The predicted molar refractivity (Wildman–Crippen MR) is 129 cm³/mol. The Hall–Kier alpha value is -3.95. The number of nitriles is 1. The highest BCUT2D eigenvalue weighted by Crippen LogP contribution is 2.28. The fourth-order valence-corrected chi connectivity index (χ4v) is 3.77. The number of nitrogens with one attached hydrogen (secondary N) is 1. The topological polar surface area (TPSA) is 74.5 Å². The number of hydrogen-bond acceptors (Lipinski definition) is 4. The van der Waals surface area contributed by atoms with E-state index in [0.29, 0.717) is 21.3 Å². The summed E-state index contributed by atoms with van der Waals surface area (Å²) in [4.78, 5) is 12.5. The van der Waals surface area contributed by atoms with Crippen LogP contribution in [-0.2, 0) is 6.61 Å². The van der Waals surface area contributed by atoms with E-state index < -0.39 is 0 Å². The van der Waals surface area contributed by atoms with Crippen molar-refractivity contribution in [2.24, 2.45) is 5.10 Å². The molecule has 1 amide bonds. The van der Waals surface area contributed by atoms with Gasteiger partial charge >= 0.3 is 0 Å². The van der Waals surface area contributed by atoms with Crippen LogP contribution in [0, 0.1) is 11.3 Å². The molecule has 0 atom stereocenters. The average molecular weight is 484 g/mol. The van der Waals surface area contributed by atoms with Crippen LogP contribution in [0.5, 0.6) is 5.75 Å². The van der Waals surface area contributed by atoms with Gasteiger partial charge in [-0.25, -0.2) is 5.43 Å². The van der Waals surface area contributed by atoms with E-state index in [1.807, 2.05) is 60.7 Å². The highest BCUT2D eigenvalue weighted by atomic mass is 79.9. The van der Waals surface area contributed by atoms with Gasteiger partial charge in [0.25, 0.3) is 5.91 Å². The molecule has 32 heavy (non-hydrogen) atoms. The third-order valence-electron chi connectivity index (χ3n) is 4.93. The van der Waals surface area contributed by atoms with Crippen molar-refractivity contribution in [3.05, 3.63) is 112 Å². The maximum absolute atomic E-state index is 12.5. The Morgan fingerprint density at radius 2 is 1.75 bits per heavy atom. The fraction of sp³-hybridized carbons (Fsp3) is 0.0385. The zero-order valence-corrected chi connectivity index (χ0v) is 18.5. The number of nitrogens with zero attached hydrogens (tertiary/aromatic N) is 2. The van der Waals surface area contributed by atoms with Gasteiger partial charge in [0, 0.05) is 15.6 Å². The zero-order chi connectivity index (χ0) is 22.3. The minimum Gasteiger partial charge on any atom is -0.488 e. The van der Waals surface area contributed by atoms with Gasteiger partial charge < -0.3 is 4.74 Å². The molecule has 0 aromatic heterocycles. The highest BCUT2D eigenvalue weighted by Gasteiger charge is 2.11. The Balaban J connectivity index is 1.62. The predicted octanol–water partition coefficient (Wildman–Crippen LogP) is 5.82. The normalized spacial score (nSPS) is 10.8. The largest absolute Gasteiger partial charge is 0.488 e. The molecule has 0 bridgehead atoms. The number of amides is 1. The molecule has 1 N–H and O–H groups in total. The van der Waals surface area contributed by atoms with Crippen molar-refractivity contribution >= 4 is 38.8 Å². The van der Waals surface area contributed by atoms with Crippen LogP contribution in [0.4, 0.5) is 0 Å². The number of hydrazone groups is 1. The summed E-state index contributed by atoms with van der Waals surface area (Å²) in [5.74, 6) is 0.287. The first-order valence-electron chi connectivity index (χ1n) is 9.88. The van der Waals surface area contributed by atoms with Gasteiger partial charge in [-0.2, -0.15) is 10.4 Å². The molecule has 0 spiro atoms. The highest BCUT2D eigenvalue weighted by molar-refractivity contribution is 9.10. The number of rotatable bonds is 6. The van der Waals surface area contributed by atoms with Crippen LogP contribution in [0.1, 0.15) is 27.0 Å². The first-order valence-corrected chi connectivity index (χ1v) is 10.7. The van der Waals surface area contributed by atoms with E-state index in [1.54, 1.807) is 30.5 Å². The van der Waals surface area contributed by atoms with Crippen molar-refractivity contribution in [2.45, 2.75) is 6.61 Å². The van der Waals surface area contributed by atoms with Crippen molar-refractivity contribution in [2.75, 3.05) is 0 Å². The SMILES string of the molecule is N#Cc1ccccc1COc1ccc2ccccc2c1/C=N\NC(=O)c1ccccc1Br. The van der Waals surface area contributed by atoms with Crippen molar-refractivity contribution in [1.29, 1.82) is 5.26 Å². The minimum absolute atomic E-state index is 0.242. The van der Waals surface area contributed by atoms with Gasteiger partial charge in [0.15, 0.2) is 0 Å². The van der Waals surface area contributed by atoms with Gasteiger partial charge in [0.2, 0.25) is 0 Å². The third kappa shape index (κ3) is 4.69. The summed E-state index contributed by atoms with van der Waals surface area (Å²) >= 11 is 3.38. The second kappa shape index (κ2) is 9.90. The maximum atomic E-state index is 12.5. The van der Waals surface area contributed by atoms with E-state index in [0.717, 1.165) is 21.9 Å². The quantitative estimate of drug-likeness (QED) is 0.277. The van der Waals surface area contributed by atoms with Crippen LogP contribution in [0.2, 0.25) is 0 Å². The standard InChI is InChI=1S/C26H18BrN3O2/c27-24-12-6-5-11-22(24)26(31)30-29-16-23-21-10-4-3-7-18(21)13-14-25(23)32-17-20-9-2-1-8-19(20)15-28/h1-14,16H,17H2,(H,30,31)/b29-16-. The number of carbonyl (C=O) groups is 1. The summed E-state index contributed by atoms with van der Waals surface area (Å²) in [6.45, 7) is 0.242. The van der Waals surface area contributed by atoms with E-state index in [4.69, 9.17) is 4.74 Å². The Bertz CT molecular complexity index is 1360. The van der Waals surface area contributed by atoms with Gasteiger partial charge in [-0.15, -0.1) is 0 Å². The van der Waals surface area contributed by atoms with Gasteiger partial charge in [-0.1, -0.05) is 60.7 Å². The lowest BCUT2D eigenvalue weighted by atomic mass is 10.0. The molecule has 4 aromatic rings. The molecule has 0 aliphatic carbocycles. The van der Waals surface area contributed by atoms with Crippen LogP contribution < -0.4 is 10.2 Å². The van der Waals surface area contributed by atoms with Gasteiger partial charge in [-0.05, 0) is 51.0 Å². The van der Waals surface area contributed by atoms with Crippen LogP contribution >= 0.6 is 15.9 Å². The maximum Gasteiger partial charge on any atom is 0.272 e. The molecule has 4 aromatic carbocycles. The number of fused-ring (bicyclic) bond motifs is 1. The average Bonchev–Trinajstić information content (AvgIpc) is 2.83. The summed E-state index contributed by atoms with van der Waals surface area (Å²) in [7, 11) is 0. The number of benzene rings is 4. The second-order valence-electron chi connectivity index (χ2n) is 6.94. The van der Waals surface area contributed by atoms with Crippen molar-refractivity contribution in [1.82, 2.24) is 5.43 Å². The third-order valence-corrected chi connectivity index (χ3v) is 5.62. The van der Waals surface area contributed by atoms with Crippen LogP contribution in [-0.4, -0.2) is 12.1 Å². The van der Waals surface area contributed by atoms with E-state index in [1.165, 1.54) is 0 Å². The van der Waals surface area contributed by atoms with Gasteiger partial charge in [0.1, 0.15) is 12.4 Å². The minimum atomic E-state index is -0.320. The smallest absolute Gasteiger partial charge is 0.272 e.